The molecule has 1 aromatic rings. The van der Waals surface area contributed by atoms with E-state index >= 15 is 0 Å². The summed E-state index contributed by atoms with van der Waals surface area (Å²) < 4.78 is 16.6. The molecule has 2 bridgehead atoms. The first kappa shape index (κ1) is 15.1. The van der Waals surface area contributed by atoms with Crippen LogP contribution in [-0.2, 0) is 9.47 Å². The first-order valence-electron chi connectivity index (χ1n) is 7.68. The number of methoxy groups -OCH3 is 2. The molecule has 4 atom stereocenters. The van der Waals surface area contributed by atoms with Crippen molar-refractivity contribution in [2.45, 2.75) is 37.5 Å². The van der Waals surface area contributed by atoms with Crippen molar-refractivity contribution in [2.75, 3.05) is 20.8 Å². The van der Waals surface area contributed by atoms with Gasteiger partial charge in [0.05, 0.1) is 19.8 Å². The Kier molecular flexibility index (Phi) is 4.47. The molecule has 1 aliphatic heterocycles. The maximum Gasteiger partial charge on any atom is 0.409 e. The number of nitrogens with zero attached hydrogens (tertiary/aromatic N) is 2. The molecule has 120 valence electrons. The van der Waals surface area contributed by atoms with Crippen LogP contribution in [0.3, 0.4) is 0 Å². The van der Waals surface area contributed by atoms with Gasteiger partial charge in [-0.15, -0.1) is 0 Å². The van der Waals surface area contributed by atoms with Crippen molar-refractivity contribution in [1.82, 2.24) is 9.88 Å². The van der Waals surface area contributed by atoms with E-state index in [2.05, 4.69) is 4.98 Å². The SMILES string of the molecule is COC(=O)N1C[C@H](Oc2ccccn2)[C@H]2C[C@@H]1CC[C@H]2OC. The Bertz CT molecular complexity index is 510. The zero-order chi connectivity index (χ0) is 15.5. The normalized spacial score (nSPS) is 30.7. The quantitative estimate of drug-likeness (QED) is 0.856. The van der Waals surface area contributed by atoms with Crippen molar-refractivity contribution in [1.29, 1.82) is 0 Å². The van der Waals surface area contributed by atoms with Gasteiger partial charge in [-0.05, 0) is 25.3 Å². The maximum atomic E-state index is 12.0. The number of fused-ring (bicyclic) bond motifs is 2. The maximum absolute atomic E-state index is 12.0. The molecule has 6 heteroatoms. The van der Waals surface area contributed by atoms with Gasteiger partial charge in [0.1, 0.15) is 6.10 Å². The highest BCUT2D eigenvalue weighted by Crippen LogP contribution is 2.38. The van der Waals surface area contributed by atoms with Gasteiger partial charge < -0.3 is 19.1 Å². The van der Waals surface area contributed by atoms with E-state index in [0.29, 0.717) is 12.4 Å². The van der Waals surface area contributed by atoms with Crippen LogP contribution in [0.4, 0.5) is 4.79 Å². The lowest BCUT2D eigenvalue weighted by Crippen LogP contribution is -2.59. The topological polar surface area (TPSA) is 60.9 Å². The number of aromatic nitrogens is 1. The lowest BCUT2D eigenvalue weighted by Gasteiger charge is -2.48. The molecule has 1 saturated heterocycles. The molecular weight excluding hydrogens is 284 g/mol. The molecule has 2 fully saturated rings. The van der Waals surface area contributed by atoms with E-state index in [0.717, 1.165) is 19.3 Å². The Hall–Kier alpha value is -1.82. The minimum Gasteiger partial charge on any atom is -0.472 e. The molecule has 0 radical (unpaired) electrons. The van der Waals surface area contributed by atoms with Gasteiger partial charge >= 0.3 is 6.09 Å². The van der Waals surface area contributed by atoms with Gasteiger partial charge in [0, 0.05) is 31.3 Å². The number of ether oxygens (including phenoxy) is 3. The Morgan fingerprint density at radius 3 is 2.82 bits per heavy atom. The van der Waals surface area contributed by atoms with Gasteiger partial charge in [-0.2, -0.15) is 0 Å². The predicted molar refractivity (Wildman–Crippen MR) is 79.7 cm³/mol. The second kappa shape index (κ2) is 6.52. The zero-order valence-corrected chi connectivity index (χ0v) is 13.0. The standard InChI is InChI=1S/C16H22N2O4/c1-20-13-7-6-11-9-12(13)14(10-18(11)16(19)21-2)22-15-5-3-4-8-17-15/h3-5,8,11-14H,6-7,9-10H2,1-2H3/t11-,12-,13+,14-/m0/s1. The smallest absolute Gasteiger partial charge is 0.409 e. The highest BCUT2D eigenvalue weighted by Gasteiger charge is 2.46. The Labute approximate surface area is 130 Å². The summed E-state index contributed by atoms with van der Waals surface area (Å²) in [5.41, 5.74) is 0. The van der Waals surface area contributed by atoms with Crippen molar-refractivity contribution in [3.05, 3.63) is 24.4 Å². The lowest BCUT2D eigenvalue weighted by molar-refractivity contribution is -0.0881. The molecule has 0 spiro atoms. The van der Waals surface area contributed by atoms with Crippen LogP contribution in [0.25, 0.3) is 0 Å². The summed E-state index contributed by atoms with van der Waals surface area (Å²) in [6.45, 7) is 0.512. The van der Waals surface area contributed by atoms with Crippen molar-refractivity contribution < 1.29 is 19.0 Å². The number of likely N-dealkylation sites (tertiary alicyclic amines) is 1. The van der Waals surface area contributed by atoms with Crippen molar-refractivity contribution in [3.8, 4) is 5.88 Å². The van der Waals surface area contributed by atoms with E-state index < -0.39 is 0 Å². The Morgan fingerprint density at radius 1 is 1.27 bits per heavy atom. The fraction of sp³-hybridized carbons (Fsp3) is 0.625. The van der Waals surface area contributed by atoms with Crippen LogP contribution in [0.5, 0.6) is 5.88 Å². The van der Waals surface area contributed by atoms with E-state index in [1.807, 2.05) is 18.2 Å². The molecule has 0 N–H and O–H groups in total. The van der Waals surface area contributed by atoms with Gasteiger partial charge in [-0.1, -0.05) is 6.07 Å². The van der Waals surface area contributed by atoms with Crippen molar-refractivity contribution >= 4 is 6.09 Å². The molecule has 0 unspecified atom stereocenters. The first-order chi connectivity index (χ1) is 10.7. The fourth-order valence-electron chi connectivity index (χ4n) is 3.64. The van der Waals surface area contributed by atoms with Gasteiger partial charge in [0.15, 0.2) is 0 Å². The van der Waals surface area contributed by atoms with E-state index in [-0.39, 0.29) is 30.3 Å². The molecule has 1 saturated carbocycles. The third-order valence-corrected chi connectivity index (χ3v) is 4.72. The van der Waals surface area contributed by atoms with Crippen LogP contribution < -0.4 is 4.74 Å². The Balaban J connectivity index is 1.80. The molecule has 3 rings (SSSR count). The number of rotatable bonds is 3. The second-order valence-electron chi connectivity index (χ2n) is 5.85. The number of hydrogen-bond donors (Lipinski definition) is 0. The van der Waals surface area contributed by atoms with Crippen LogP contribution in [0.1, 0.15) is 19.3 Å². The minimum absolute atomic E-state index is 0.129. The van der Waals surface area contributed by atoms with E-state index in [1.165, 1.54) is 7.11 Å². The number of amides is 1. The summed E-state index contributed by atoms with van der Waals surface area (Å²) in [5, 5.41) is 0. The van der Waals surface area contributed by atoms with Crippen LogP contribution in [0.2, 0.25) is 0 Å². The molecule has 2 heterocycles. The van der Waals surface area contributed by atoms with Crippen molar-refractivity contribution in [2.24, 2.45) is 5.92 Å². The third-order valence-electron chi connectivity index (χ3n) is 4.72. The van der Waals surface area contributed by atoms with E-state index in [4.69, 9.17) is 14.2 Å². The van der Waals surface area contributed by atoms with Gasteiger partial charge in [-0.25, -0.2) is 9.78 Å². The number of pyridine rings is 1. The summed E-state index contributed by atoms with van der Waals surface area (Å²) in [7, 11) is 3.17. The second-order valence-corrected chi connectivity index (χ2v) is 5.85. The number of hydrogen-bond acceptors (Lipinski definition) is 5. The summed E-state index contributed by atoms with van der Waals surface area (Å²) in [5.74, 6) is 0.850. The largest absolute Gasteiger partial charge is 0.472 e. The van der Waals surface area contributed by atoms with Crippen LogP contribution in [0.15, 0.2) is 24.4 Å². The molecule has 6 nitrogen and oxygen atoms in total. The molecular formula is C16H22N2O4. The molecule has 0 aromatic carbocycles. The van der Waals surface area contributed by atoms with Crippen LogP contribution in [0, 0.1) is 5.92 Å². The fourth-order valence-corrected chi connectivity index (χ4v) is 3.64. The van der Waals surface area contributed by atoms with E-state index in [1.54, 1.807) is 18.2 Å². The summed E-state index contributed by atoms with van der Waals surface area (Å²) in [6, 6.07) is 5.79. The zero-order valence-electron chi connectivity index (χ0n) is 13.0. The van der Waals surface area contributed by atoms with Gasteiger partial charge in [0.25, 0.3) is 0 Å². The molecule has 1 aromatic heterocycles. The highest BCUT2D eigenvalue weighted by molar-refractivity contribution is 5.68. The number of carbonyl (C=O) groups excluding carboxylic acids is 1. The molecule has 1 amide bonds. The van der Waals surface area contributed by atoms with Crippen molar-refractivity contribution in [3.63, 3.8) is 0 Å². The van der Waals surface area contributed by atoms with Gasteiger partial charge in [-0.3, -0.25) is 0 Å². The predicted octanol–water partition coefficient (Wildman–Crippen LogP) is 2.09. The highest BCUT2D eigenvalue weighted by atomic mass is 16.5. The first-order valence-corrected chi connectivity index (χ1v) is 7.68. The summed E-state index contributed by atoms with van der Waals surface area (Å²) >= 11 is 0. The average molecular weight is 306 g/mol. The summed E-state index contributed by atoms with van der Waals surface area (Å²) in [4.78, 5) is 18.0. The number of piperidine rings is 1. The third kappa shape index (κ3) is 2.88. The average Bonchev–Trinajstić information content (AvgIpc) is 2.58. The molecule has 2 aliphatic rings. The summed E-state index contributed by atoms with van der Waals surface area (Å²) in [6.07, 6.45) is 4.22. The molecule has 22 heavy (non-hydrogen) atoms. The van der Waals surface area contributed by atoms with Crippen LogP contribution in [-0.4, -0.2) is 55.0 Å². The van der Waals surface area contributed by atoms with Crippen LogP contribution >= 0.6 is 0 Å². The van der Waals surface area contributed by atoms with Gasteiger partial charge in [0.2, 0.25) is 5.88 Å². The van der Waals surface area contributed by atoms with E-state index in [9.17, 15) is 4.79 Å². The lowest BCUT2D eigenvalue weighted by atomic mass is 9.76. The Morgan fingerprint density at radius 2 is 2.14 bits per heavy atom. The monoisotopic (exact) mass is 306 g/mol. The minimum atomic E-state index is -0.283. The molecule has 1 aliphatic carbocycles. The number of carbonyl (C=O) groups is 1.